The van der Waals surface area contributed by atoms with Crippen molar-refractivity contribution in [1.82, 2.24) is 35.6 Å². The van der Waals surface area contributed by atoms with Gasteiger partial charge in [0.25, 0.3) is 6.43 Å². The molecule has 0 bridgehead atoms. The van der Waals surface area contributed by atoms with Crippen LogP contribution in [0.25, 0.3) is 32.8 Å². The second-order valence-corrected chi connectivity index (χ2v) is 17.8. The fraction of sp³-hybridized carbons (Fsp3) is 0.391. The quantitative estimate of drug-likeness (QED) is 0.125. The Kier molecular flexibility index (Phi) is 13.2. The van der Waals surface area contributed by atoms with Gasteiger partial charge in [-0.05, 0) is 54.2 Å². The summed E-state index contributed by atoms with van der Waals surface area (Å²) in [7, 11) is 0. The second kappa shape index (κ2) is 18.5. The number of rotatable bonds is 12. The summed E-state index contributed by atoms with van der Waals surface area (Å²) < 4.78 is 27.3. The van der Waals surface area contributed by atoms with Gasteiger partial charge in [0.05, 0.1) is 46.7 Å². The summed E-state index contributed by atoms with van der Waals surface area (Å²) in [5.41, 5.74) is 7.34. The minimum atomic E-state index is -2.63. The van der Waals surface area contributed by atoms with Gasteiger partial charge in [-0.15, -0.1) is 11.3 Å². The fourth-order valence-electron chi connectivity index (χ4n) is 8.03. The van der Waals surface area contributed by atoms with Gasteiger partial charge in [0.2, 0.25) is 17.7 Å². The highest BCUT2D eigenvalue weighted by Crippen LogP contribution is 2.33. The van der Waals surface area contributed by atoms with Crippen LogP contribution in [0, 0.1) is 12.3 Å². The van der Waals surface area contributed by atoms with E-state index < -0.39 is 35.9 Å². The molecule has 2 aliphatic rings. The van der Waals surface area contributed by atoms with Crippen LogP contribution in [-0.4, -0.2) is 105 Å². The summed E-state index contributed by atoms with van der Waals surface area (Å²) in [4.78, 5) is 52.6. The molecule has 12 nitrogen and oxygen atoms in total. The Bertz CT molecular complexity index is 2330. The van der Waals surface area contributed by atoms with Crippen molar-refractivity contribution >= 4 is 34.7 Å². The lowest BCUT2D eigenvalue weighted by Crippen LogP contribution is -2.59. The number of β-amino-alcohol motifs (C(OH)–C–C–N with tert-alkyl or cyclic N) is 1. The fourth-order valence-corrected chi connectivity index (χ4v) is 8.84. The summed E-state index contributed by atoms with van der Waals surface area (Å²) in [6, 6.07) is 21.8. The Labute approximate surface area is 359 Å². The van der Waals surface area contributed by atoms with E-state index in [0.29, 0.717) is 37.4 Å². The van der Waals surface area contributed by atoms with Gasteiger partial charge in [-0.2, -0.15) is 10.2 Å². The average molecular weight is 851 g/mol. The molecule has 3 aromatic carbocycles. The number of carbonyl (C=O) groups excluding carboxylic acids is 3. The Morgan fingerprint density at radius 1 is 0.918 bits per heavy atom. The highest BCUT2D eigenvalue weighted by Gasteiger charge is 2.45. The van der Waals surface area contributed by atoms with Crippen LogP contribution >= 0.6 is 11.3 Å². The van der Waals surface area contributed by atoms with Gasteiger partial charge in [0, 0.05) is 61.5 Å². The molecule has 4 atom stereocenters. The summed E-state index contributed by atoms with van der Waals surface area (Å²) in [5.74, 6) is -1.05. The summed E-state index contributed by atoms with van der Waals surface area (Å²) in [6.45, 7) is 12.2. The van der Waals surface area contributed by atoms with Gasteiger partial charge in [-0.25, -0.2) is 13.8 Å². The number of aryl methyl sites for hydroxylation is 1. The van der Waals surface area contributed by atoms with Crippen LogP contribution in [-0.2, 0) is 14.4 Å². The molecule has 15 heteroatoms. The maximum Gasteiger partial charge on any atom is 0.264 e. The van der Waals surface area contributed by atoms with Crippen LogP contribution in [0.5, 0.6) is 0 Å². The molecule has 2 saturated heterocycles. The molecule has 2 aromatic heterocycles. The van der Waals surface area contributed by atoms with Crippen LogP contribution in [0.15, 0.2) is 90.6 Å². The number of nitrogens with zero attached hydrogens (tertiary/aromatic N) is 6. The molecule has 320 valence electrons. The Morgan fingerprint density at radius 2 is 1.61 bits per heavy atom. The monoisotopic (exact) mass is 850 g/mol. The first-order valence-electron chi connectivity index (χ1n) is 20.5. The highest BCUT2D eigenvalue weighted by molar-refractivity contribution is 7.13. The first-order valence-corrected chi connectivity index (χ1v) is 21.4. The molecular formula is C46H52F2N8O4S. The zero-order valence-electron chi connectivity index (χ0n) is 35.0. The molecule has 0 radical (unpaired) electrons. The minimum Gasteiger partial charge on any atom is -0.391 e. The third kappa shape index (κ3) is 10.1. The maximum atomic E-state index is 14.2. The van der Waals surface area contributed by atoms with E-state index in [2.05, 4.69) is 30.7 Å². The highest BCUT2D eigenvalue weighted by atomic mass is 32.1. The molecule has 61 heavy (non-hydrogen) atoms. The van der Waals surface area contributed by atoms with Gasteiger partial charge in [0.15, 0.2) is 0 Å². The molecule has 0 unspecified atom stereocenters. The lowest BCUT2D eigenvalue weighted by Gasteiger charge is -2.37. The van der Waals surface area contributed by atoms with Crippen LogP contribution in [0.1, 0.15) is 63.4 Å². The number of carbonyl (C=O) groups is 3. The van der Waals surface area contributed by atoms with Crippen molar-refractivity contribution in [2.24, 2.45) is 5.41 Å². The van der Waals surface area contributed by atoms with Crippen molar-refractivity contribution in [2.45, 2.75) is 71.7 Å². The number of anilines is 1. The number of halogens is 2. The molecule has 2 aliphatic heterocycles. The first kappa shape index (κ1) is 43.4. The van der Waals surface area contributed by atoms with Crippen molar-refractivity contribution in [3.8, 4) is 32.8 Å². The van der Waals surface area contributed by atoms with Crippen molar-refractivity contribution < 1.29 is 28.3 Å². The van der Waals surface area contributed by atoms with Gasteiger partial charge in [0.1, 0.15) is 12.1 Å². The van der Waals surface area contributed by atoms with Crippen LogP contribution in [0.2, 0.25) is 0 Å². The Morgan fingerprint density at radius 3 is 2.26 bits per heavy atom. The van der Waals surface area contributed by atoms with Crippen LogP contribution < -0.4 is 15.5 Å². The number of aromatic nitrogens is 3. The van der Waals surface area contributed by atoms with E-state index in [-0.39, 0.29) is 42.9 Å². The molecule has 2 fully saturated rings. The number of benzene rings is 3. The number of likely N-dealkylation sites (tertiary alicyclic amines) is 1. The zero-order valence-corrected chi connectivity index (χ0v) is 35.8. The lowest BCUT2D eigenvalue weighted by molar-refractivity contribution is -0.144. The topological polar surface area (TPSA) is 144 Å². The predicted molar refractivity (Wildman–Crippen MR) is 233 cm³/mol. The molecule has 0 aliphatic carbocycles. The SMILES string of the molecule is Cc1ncsc1-c1ccc([C@H](C)NC(=O)[C@@H]2C[C@@H](O)CN2C(=O)[C@@H](NC(=O)CN2CCN(c3ccc(-c4cnnc(-c5ccccc5C(F)F)c4)cc3)CC2)C(C)(C)C)cc1. The van der Waals surface area contributed by atoms with Gasteiger partial charge in [-0.3, -0.25) is 19.3 Å². The third-order valence-electron chi connectivity index (χ3n) is 11.5. The van der Waals surface area contributed by atoms with E-state index in [9.17, 15) is 28.3 Å². The number of thiazole rings is 1. The number of hydrogen-bond donors (Lipinski definition) is 3. The number of amides is 3. The van der Waals surface area contributed by atoms with Crippen LogP contribution in [0.4, 0.5) is 14.5 Å². The van der Waals surface area contributed by atoms with Crippen molar-refractivity contribution in [2.75, 3.05) is 44.2 Å². The Balaban J connectivity index is 0.926. The maximum absolute atomic E-state index is 14.2. The number of nitrogens with one attached hydrogen (secondary N) is 2. The van der Waals surface area contributed by atoms with Gasteiger partial charge in [-0.1, -0.05) is 81.4 Å². The van der Waals surface area contributed by atoms with E-state index in [1.807, 2.05) is 93.6 Å². The lowest BCUT2D eigenvalue weighted by atomic mass is 9.85. The van der Waals surface area contributed by atoms with E-state index in [1.165, 1.54) is 11.0 Å². The van der Waals surface area contributed by atoms with Crippen molar-refractivity contribution in [3.63, 3.8) is 0 Å². The molecular weight excluding hydrogens is 799 g/mol. The molecule has 7 rings (SSSR count). The predicted octanol–water partition coefficient (Wildman–Crippen LogP) is 6.67. The van der Waals surface area contributed by atoms with Crippen molar-refractivity contribution in [3.05, 3.63) is 107 Å². The summed E-state index contributed by atoms with van der Waals surface area (Å²) >= 11 is 1.58. The molecule has 5 aromatic rings. The smallest absolute Gasteiger partial charge is 0.264 e. The number of hydrogen-bond acceptors (Lipinski definition) is 10. The van der Waals surface area contributed by atoms with Crippen LogP contribution in [0.3, 0.4) is 0 Å². The zero-order chi connectivity index (χ0) is 43.4. The minimum absolute atomic E-state index is 0.00406. The largest absolute Gasteiger partial charge is 0.391 e. The molecule has 3 N–H and O–H groups in total. The summed E-state index contributed by atoms with van der Waals surface area (Å²) in [5, 5.41) is 24.9. The normalized spacial score (nSPS) is 18.2. The number of alkyl halides is 2. The molecule has 0 saturated carbocycles. The number of piperazine rings is 1. The van der Waals surface area contributed by atoms with E-state index in [4.69, 9.17) is 0 Å². The molecule has 3 amide bonds. The summed E-state index contributed by atoms with van der Waals surface area (Å²) in [6.07, 6.45) is -1.78. The standard InChI is InChI=1S/C46H52F2N8O4S/c1-28(30-10-12-32(13-11-30)41-29(2)49-27-61-41)51-44(59)39-23-35(57)25-56(39)45(60)42(46(3,4)5)52-40(58)26-54-18-20-55(21-19-54)34-16-14-31(15-17-34)33-22-38(53-50-24-33)36-8-6-7-9-37(36)43(47)48/h6-17,22,24,27-28,35,39,42-43,57H,18-21,23,25-26H2,1-5H3,(H,51,59)(H,52,58)/t28-,35+,39-,42+/m0/s1. The molecule has 4 heterocycles. The first-order chi connectivity index (χ1) is 29.2. The van der Waals surface area contributed by atoms with E-state index in [0.717, 1.165) is 38.5 Å². The Hall–Kier alpha value is -5.64. The van der Waals surface area contributed by atoms with E-state index in [1.54, 1.807) is 41.8 Å². The van der Waals surface area contributed by atoms with Gasteiger partial charge >= 0.3 is 0 Å². The van der Waals surface area contributed by atoms with Gasteiger partial charge < -0.3 is 25.5 Å². The third-order valence-corrected chi connectivity index (χ3v) is 12.5. The molecule has 0 spiro atoms. The van der Waals surface area contributed by atoms with E-state index >= 15 is 0 Å². The average Bonchev–Trinajstić information content (AvgIpc) is 3.87. The number of aliphatic hydroxyl groups excluding tert-OH is 1. The number of aliphatic hydroxyl groups is 1. The van der Waals surface area contributed by atoms with Crippen molar-refractivity contribution in [1.29, 1.82) is 0 Å². The second-order valence-electron chi connectivity index (χ2n) is 16.9.